The van der Waals surface area contributed by atoms with E-state index in [-0.39, 0.29) is 18.3 Å². The second kappa shape index (κ2) is 10.2. The summed E-state index contributed by atoms with van der Waals surface area (Å²) in [7, 11) is 0. The molecule has 0 spiro atoms. The van der Waals surface area contributed by atoms with Gasteiger partial charge in [0, 0.05) is 5.69 Å². The third kappa shape index (κ3) is 5.00. The number of amides is 1. The molecule has 1 aliphatic heterocycles. The first-order chi connectivity index (χ1) is 17.1. The molecular weight excluding hydrogens is 465 g/mol. The molecule has 0 fully saturated rings. The fraction of sp³-hybridized carbons (Fsp3) is 0.192. The van der Waals surface area contributed by atoms with Gasteiger partial charge >= 0.3 is 0 Å². The molecule has 4 aromatic rings. The van der Waals surface area contributed by atoms with E-state index in [9.17, 15) is 9.18 Å². The average molecular weight is 490 g/mol. The Kier molecular flexibility index (Phi) is 6.67. The molecule has 0 radical (unpaired) electrons. The van der Waals surface area contributed by atoms with E-state index >= 15 is 0 Å². The van der Waals surface area contributed by atoms with Gasteiger partial charge in [0.2, 0.25) is 11.1 Å². The highest BCUT2D eigenvalue weighted by molar-refractivity contribution is 8.00. The molecule has 5 rings (SSSR count). The molecule has 7 nitrogen and oxygen atoms in total. The van der Waals surface area contributed by atoms with Crippen LogP contribution in [0.25, 0.3) is 0 Å². The summed E-state index contributed by atoms with van der Waals surface area (Å²) in [6, 6.07) is 22.9. The van der Waals surface area contributed by atoms with Crippen molar-refractivity contribution >= 4 is 23.4 Å². The molecule has 0 saturated heterocycles. The van der Waals surface area contributed by atoms with Crippen LogP contribution in [0.5, 0.6) is 5.75 Å². The Morgan fingerprint density at radius 1 is 1.06 bits per heavy atom. The summed E-state index contributed by atoms with van der Waals surface area (Å²) in [4.78, 5) is 13.5. The van der Waals surface area contributed by atoms with Gasteiger partial charge in [-0.2, -0.15) is 0 Å². The van der Waals surface area contributed by atoms with Gasteiger partial charge in [-0.25, -0.2) is 9.07 Å². The van der Waals surface area contributed by atoms with Crippen LogP contribution >= 0.6 is 11.8 Å². The van der Waals surface area contributed by atoms with E-state index in [1.807, 2.05) is 61.5 Å². The Balaban J connectivity index is 1.43. The molecule has 35 heavy (non-hydrogen) atoms. The van der Waals surface area contributed by atoms with Gasteiger partial charge in [0.1, 0.15) is 23.4 Å². The van der Waals surface area contributed by atoms with E-state index in [1.165, 1.54) is 23.9 Å². The number of nitrogens with zero attached hydrogens (tertiary/aromatic N) is 3. The highest BCUT2D eigenvalue weighted by Crippen LogP contribution is 2.38. The van der Waals surface area contributed by atoms with E-state index in [2.05, 4.69) is 20.9 Å². The molecule has 1 aliphatic rings. The summed E-state index contributed by atoms with van der Waals surface area (Å²) in [5, 5.41) is 11.6. The summed E-state index contributed by atoms with van der Waals surface area (Å²) in [6.07, 6.45) is 0.799. The first-order valence-corrected chi connectivity index (χ1v) is 12.2. The third-order valence-corrected chi connectivity index (χ3v) is 6.97. The van der Waals surface area contributed by atoms with Crippen LogP contribution in [0, 0.1) is 5.82 Å². The second-order valence-electron chi connectivity index (χ2n) is 8.03. The monoisotopic (exact) mass is 489 g/mol. The van der Waals surface area contributed by atoms with Gasteiger partial charge in [-0.1, -0.05) is 67.2 Å². The van der Waals surface area contributed by atoms with E-state index in [4.69, 9.17) is 4.74 Å². The van der Waals surface area contributed by atoms with Crippen LogP contribution in [0.3, 0.4) is 0 Å². The Bertz CT molecular complexity index is 1310. The van der Waals surface area contributed by atoms with Crippen LogP contribution < -0.4 is 15.5 Å². The van der Waals surface area contributed by atoms with Crippen molar-refractivity contribution in [2.45, 2.75) is 36.4 Å². The van der Waals surface area contributed by atoms with E-state index in [0.717, 1.165) is 29.0 Å². The lowest BCUT2D eigenvalue weighted by molar-refractivity contribution is -0.116. The van der Waals surface area contributed by atoms with E-state index < -0.39 is 11.3 Å². The predicted molar refractivity (Wildman–Crippen MR) is 133 cm³/mol. The van der Waals surface area contributed by atoms with Crippen molar-refractivity contribution in [3.63, 3.8) is 0 Å². The fourth-order valence-corrected chi connectivity index (χ4v) is 5.03. The number of ether oxygens (including phenoxy) is 1. The zero-order valence-electron chi connectivity index (χ0n) is 19.0. The van der Waals surface area contributed by atoms with Crippen molar-refractivity contribution in [1.82, 2.24) is 14.9 Å². The van der Waals surface area contributed by atoms with Crippen LogP contribution in [-0.4, -0.2) is 26.0 Å². The lowest BCUT2D eigenvalue weighted by atomic mass is 10.0. The maximum absolute atomic E-state index is 13.6. The first kappa shape index (κ1) is 22.9. The summed E-state index contributed by atoms with van der Waals surface area (Å²) < 4.78 is 21.2. The van der Waals surface area contributed by atoms with Crippen molar-refractivity contribution in [3.8, 4) is 5.75 Å². The number of benzene rings is 3. The topological polar surface area (TPSA) is 81.1 Å². The van der Waals surface area contributed by atoms with Crippen LogP contribution in [0.1, 0.15) is 29.9 Å². The molecule has 0 unspecified atom stereocenters. The number of anilines is 1. The number of fused-ring (bicyclic) bond motifs is 1. The van der Waals surface area contributed by atoms with Crippen LogP contribution in [0.4, 0.5) is 10.1 Å². The second-order valence-corrected chi connectivity index (χ2v) is 9.14. The number of aryl methyl sites for hydroxylation is 1. The number of aromatic nitrogens is 3. The zero-order valence-corrected chi connectivity index (χ0v) is 19.8. The maximum Gasteiger partial charge on any atom is 0.240 e. The lowest BCUT2D eigenvalue weighted by Gasteiger charge is -2.33. The van der Waals surface area contributed by atoms with Crippen molar-refractivity contribution in [1.29, 1.82) is 0 Å². The van der Waals surface area contributed by atoms with Crippen LogP contribution in [0.15, 0.2) is 84.0 Å². The van der Waals surface area contributed by atoms with E-state index in [0.29, 0.717) is 11.0 Å². The van der Waals surface area contributed by atoms with Crippen LogP contribution in [0.2, 0.25) is 0 Å². The molecule has 9 heteroatoms. The average Bonchev–Trinajstić information content (AvgIpc) is 3.30. The highest BCUT2D eigenvalue weighted by Gasteiger charge is 2.38. The Morgan fingerprint density at radius 3 is 2.57 bits per heavy atom. The molecule has 2 N–H and O–H groups in total. The van der Waals surface area contributed by atoms with Gasteiger partial charge in [0.25, 0.3) is 0 Å². The summed E-state index contributed by atoms with van der Waals surface area (Å²) in [5.74, 6) is 0.778. The molecule has 0 bridgehead atoms. The van der Waals surface area contributed by atoms with Crippen molar-refractivity contribution in [3.05, 3.63) is 102 Å². The fourth-order valence-electron chi connectivity index (χ4n) is 3.93. The molecule has 0 saturated carbocycles. The van der Waals surface area contributed by atoms with Gasteiger partial charge in [0.15, 0.2) is 5.82 Å². The number of carbonyl (C=O) groups excluding carboxylic acids is 1. The Labute approximate surface area is 206 Å². The minimum atomic E-state index is -0.565. The van der Waals surface area contributed by atoms with Gasteiger partial charge in [0.05, 0.1) is 6.04 Å². The largest absolute Gasteiger partial charge is 0.486 e. The van der Waals surface area contributed by atoms with Crippen LogP contribution in [-0.2, 0) is 17.8 Å². The molecule has 1 aromatic heterocycles. The number of carbonyl (C=O) groups is 1. The molecular formula is C26H24FN5O2S. The highest BCUT2D eigenvalue weighted by atomic mass is 32.2. The summed E-state index contributed by atoms with van der Waals surface area (Å²) in [6.45, 7) is 2.24. The number of para-hydroxylation sites is 2. The van der Waals surface area contributed by atoms with Gasteiger partial charge in [-0.05, 0) is 47.9 Å². The van der Waals surface area contributed by atoms with Crippen molar-refractivity contribution in [2.75, 3.05) is 10.7 Å². The quantitative estimate of drug-likeness (QED) is 0.382. The molecule has 0 aliphatic carbocycles. The Morgan fingerprint density at radius 2 is 1.80 bits per heavy atom. The smallest absolute Gasteiger partial charge is 0.240 e. The minimum Gasteiger partial charge on any atom is -0.486 e. The van der Waals surface area contributed by atoms with Crippen molar-refractivity contribution < 1.29 is 13.9 Å². The number of hydrogen-bond acceptors (Lipinski definition) is 6. The number of hydrogen-bond donors (Lipinski definition) is 2. The molecule has 1 amide bonds. The zero-order chi connectivity index (χ0) is 24.2. The number of halogens is 1. The molecule has 3 aromatic carbocycles. The molecule has 2 atom stereocenters. The minimum absolute atomic E-state index is 0.172. The SMILES string of the molecule is CCc1ccccc1NC(=O)[C@H]1Sc2nnc(COc3ccccc3)n2N[C@@H]1c1ccc(F)cc1. The maximum atomic E-state index is 13.6. The summed E-state index contributed by atoms with van der Waals surface area (Å²) >= 11 is 1.31. The standard InChI is InChI=1S/C26H24FN5O2S/c1-2-17-8-6-7-11-21(17)28-25(33)24-23(18-12-14-19(27)15-13-18)31-32-22(29-30-26(32)35-24)16-34-20-9-4-3-5-10-20/h3-15,23-24,31H,2,16H2,1H3,(H,28,33)/t23-,24+/m1/s1. The van der Waals surface area contributed by atoms with Crippen molar-refractivity contribution in [2.24, 2.45) is 0 Å². The van der Waals surface area contributed by atoms with Gasteiger partial charge in [-0.15, -0.1) is 10.2 Å². The summed E-state index contributed by atoms with van der Waals surface area (Å²) in [5.41, 5.74) is 5.98. The first-order valence-electron chi connectivity index (χ1n) is 11.3. The number of rotatable bonds is 7. The lowest BCUT2D eigenvalue weighted by Crippen LogP contribution is -2.41. The van der Waals surface area contributed by atoms with Gasteiger partial charge < -0.3 is 15.5 Å². The number of thioether (sulfide) groups is 1. The van der Waals surface area contributed by atoms with Gasteiger partial charge in [-0.3, -0.25) is 4.79 Å². The Hall–Kier alpha value is -3.85. The molecule has 2 heterocycles. The number of nitrogens with one attached hydrogen (secondary N) is 2. The molecule has 178 valence electrons. The predicted octanol–water partition coefficient (Wildman–Crippen LogP) is 4.96. The third-order valence-electron chi connectivity index (χ3n) is 5.76. The normalized spacial score (nSPS) is 16.7. The van der Waals surface area contributed by atoms with E-state index in [1.54, 1.807) is 16.8 Å².